The lowest BCUT2D eigenvalue weighted by Gasteiger charge is -2.27. The van der Waals surface area contributed by atoms with Gasteiger partial charge < -0.3 is 25.0 Å². The van der Waals surface area contributed by atoms with Crippen LogP contribution in [0.2, 0.25) is 0 Å². The maximum absolute atomic E-state index is 11.7. The molecule has 0 bridgehead atoms. The zero-order chi connectivity index (χ0) is 21.6. The Labute approximate surface area is 180 Å². The number of ketones is 1. The van der Waals surface area contributed by atoms with Crippen LogP contribution < -0.4 is 20.3 Å². The molecule has 1 aliphatic rings. The molecule has 1 aromatic heterocycles. The van der Waals surface area contributed by atoms with E-state index in [1.165, 1.54) is 6.92 Å². The van der Waals surface area contributed by atoms with Crippen molar-refractivity contribution in [2.45, 2.75) is 6.92 Å². The van der Waals surface area contributed by atoms with Crippen LogP contribution in [0.25, 0.3) is 0 Å². The monoisotopic (exact) mass is 420 g/mol. The minimum Gasteiger partial charge on any atom is -0.497 e. The first-order valence-corrected chi connectivity index (χ1v) is 9.98. The number of nitrogens with zero attached hydrogens (tertiary/aromatic N) is 4. The van der Waals surface area contributed by atoms with Crippen LogP contribution in [-0.4, -0.2) is 54.1 Å². The molecule has 0 radical (unpaired) electrons. The second kappa shape index (κ2) is 9.40. The Morgan fingerprint density at radius 2 is 1.65 bits per heavy atom. The molecule has 2 heterocycles. The maximum Gasteiger partial charge on any atom is 0.233 e. The molecular formula is C22H24N6O3. The third-order valence-corrected chi connectivity index (χ3v) is 4.79. The van der Waals surface area contributed by atoms with Crippen LogP contribution in [0, 0.1) is 0 Å². The number of rotatable bonds is 7. The number of methoxy groups -OCH3 is 1. The van der Waals surface area contributed by atoms with Gasteiger partial charge in [-0.1, -0.05) is 12.1 Å². The summed E-state index contributed by atoms with van der Waals surface area (Å²) in [7, 11) is 1.63. The van der Waals surface area contributed by atoms with Crippen LogP contribution >= 0.6 is 0 Å². The van der Waals surface area contributed by atoms with Crippen molar-refractivity contribution in [3.8, 4) is 5.75 Å². The van der Waals surface area contributed by atoms with Gasteiger partial charge in [-0.05, 0) is 43.3 Å². The van der Waals surface area contributed by atoms with E-state index >= 15 is 0 Å². The van der Waals surface area contributed by atoms with Crippen LogP contribution in [0.5, 0.6) is 5.75 Å². The van der Waals surface area contributed by atoms with Crippen molar-refractivity contribution in [1.82, 2.24) is 15.0 Å². The van der Waals surface area contributed by atoms with E-state index in [9.17, 15) is 4.79 Å². The van der Waals surface area contributed by atoms with Crippen LogP contribution in [0.4, 0.5) is 29.2 Å². The van der Waals surface area contributed by atoms with Gasteiger partial charge in [-0.3, -0.25) is 4.79 Å². The Hall–Kier alpha value is -3.72. The summed E-state index contributed by atoms with van der Waals surface area (Å²) in [5.41, 5.74) is 2.16. The summed E-state index contributed by atoms with van der Waals surface area (Å²) in [4.78, 5) is 27.5. The minimum atomic E-state index is -0.00448. The van der Waals surface area contributed by atoms with Crippen LogP contribution in [0.15, 0.2) is 48.5 Å². The van der Waals surface area contributed by atoms with Crippen molar-refractivity contribution in [1.29, 1.82) is 0 Å². The Morgan fingerprint density at radius 1 is 0.968 bits per heavy atom. The second-order valence-corrected chi connectivity index (χ2v) is 7.00. The van der Waals surface area contributed by atoms with Crippen LogP contribution in [-0.2, 0) is 4.74 Å². The fourth-order valence-electron chi connectivity index (χ4n) is 3.13. The molecule has 1 saturated heterocycles. The average molecular weight is 420 g/mol. The van der Waals surface area contributed by atoms with Crippen molar-refractivity contribution in [2.24, 2.45) is 0 Å². The molecule has 0 unspecified atom stereocenters. The lowest BCUT2D eigenvalue weighted by Crippen LogP contribution is -2.37. The van der Waals surface area contributed by atoms with Gasteiger partial charge in [0.15, 0.2) is 5.78 Å². The minimum absolute atomic E-state index is 0.00448. The molecule has 31 heavy (non-hydrogen) atoms. The van der Waals surface area contributed by atoms with E-state index in [-0.39, 0.29) is 5.78 Å². The van der Waals surface area contributed by atoms with Crippen LogP contribution in [0.1, 0.15) is 17.3 Å². The van der Waals surface area contributed by atoms with Gasteiger partial charge >= 0.3 is 0 Å². The third-order valence-electron chi connectivity index (χ3n) is 4.79. The summed E-state index contributed by atoms with van der Waals surface area (Å²) in [6, 6.07) is 14.7. The first kappa shape index (κ1) is 20.5. The van der Waals surface area contributed by atoms with Crippen molar-refractivity contribution < 1.29 is 14.3 Å². The van der Waals surface area contributed by atoms with E-state index in [1.807, 2.05) is 36.4 Å². The smallest absolute Gasteiger partial charge is 0.233 e. The fraction of sp³-hybridized carbons (Fsp3) is 0.273. The summed E-state index contributed by atoms with van der Waals surface area (Å²) >= 11 is 0. The van der Waals surface area contributed by atoms with Gasteiger partial charge in [0.25, 0.3) is 0 Å². The molecule has 4 rings (SSSR count). The Balaban J connectivity index is 1.63. The highest BCUT2D eigenvalue weighted by molar-refractivity contribution is 5.95. The first-order valence-electron chi connectivity index (χ1n) is 9.98. The molecule has 0 aliphatic carbocycles. The van der Waals surface area contributed by atoms with E-state index in [0.29, 0.717) is 49.7 Å². The van der Waals surface area contributed by atoms with Crippen molar-refractivity contribution in [2.75, 3.05) is 48.9 Å². The number of carbonyl (C=O) groups is 1. The number of nitrogens with one attached hydrogen (secondary N) is 2. The topological polar surface area (TPSA) is 102 Å². The number of morpholine rings is 1. The zero-order valence-corrected chi connectivity index (χ0v) is 17.5. The van der Waals surface area contributed by atoms with E-state index < -0.39 is 0 Å². The maximum atomic E-state index is 11.7. The SMILES string of the molecule is COc1ccc(Nc2nc(Nc3cccc(C(C)=O)c3)nc(N3CCOCC3)n2)cc1. The molecule has 160 valence electrons. The van der Waals surface area contributed by atoms with Crippen molar-refractivity contribution in [3.63, 3.8) is 0 Å². The molecule has 0 spiro atoms. The molecule has 9 nitrogen and oxygen atoms in total. The van der Waals surface area contributed by atoms with Crippen molar-refractivity contribution in [3.05, 3.63) is 54.1 Å². The van der Waals surface area contributed by atoms with Gasteiger partial charge in [-0.2, -0.15) is 15.0 Å². The number of carbonyl (C=O) groups excluding carboxylic acids is 1. The average Bonchev–Trinajstić information content (AvgIpc) is 2.80. The molecule has 0 atom stereocenters. The number of anilines is 5. The number of hydrogen-bond donors (Lipinski definition) is 2. The van der Waals surface area contributed by atoms with E-state index in [1.54, 1.807) is 19.2 Å². The van der Waals surface area contributed by atoms with E-state index in [0.717, 1.165) is 17.1 Å². The van der Waals surface area contributed by atoms with Crippen LogP contribution in [0.3, 0.4) is 0 Å². The Kier molecular flexibility index (Phi) is 6.23. The highest BCUT2D eigenvalue weighted by Crippen LogP contribution is 2.23. The Bertz CT molecular complexity index is 1050. The number of Topliss-reactive ketones (excluding diaryl/α,β-unsaturated/α-hetero) is 1. The molecule has 2 aromatic carbocycles. The zero-order valence-electron chi connectivity index (χ0n) is 17.5. The number of benzene rings is 2. The molecule has 1 aliphatic heterocycles. The van der Waals surface area contributed by atoms with Crippen molar-refractivity contribution >= 4 is 35.0 Å². The molecule has 1 fully saturated rings. The predicted molar refractivity (Wildman–Crippen MR) is 119 cm³/mol. The lowest BCUT2D eigenvalue weighted by molar-refractivity contribution is 0.101. The predicted octanol–water partition coefficient (Wildman–Crippen LogP) is 3.41. The quantitative estimate of drug-likeness (QED) is 0.557. The molecule has 9 heteroatoms. The fourth-order valence-corrected chi connectivity index (χ4v) is 3.13. The number of hydrogen-bond acceptors (Lipinski definition) is 9. The summed E-state index contributed by atoms with van der Waals surface area (Å²) in [6.07, 6.45) is 0. The summed E-state index contributed by atoms with van der Waals surface area (Å²) in [5, 5.41) is 6.41. The van der Waals surface area contributed by atoms with E-state index in [4.69, 9.17) is 9.47 Å². The summed E-state index contributed by atoms with van der Waals surface area (Å²) in [5.74, 6) is 2.11. The molecular weight excluding hydrogens is 396 g/mol. The molecule has 0 saturated carbocycles. The number of aromatic nitrogens is 3. The summed E-state index contributed by atoms with van der Waals surface area (Å²) < 4.78 is 10.7. The van der Waals surface area contributed by atoms with Gasteiger partial charge in [0.05, 0.1) is 20.3 Å². The highest BCUT2D eigenvalue weighted by atomic mass is 16.5. The van der Waals surface area contributed by atoms with Gasteiger partial charge in [-0.25, -0.2) is 0 Å². The molecule has 3 aromatic rings. The normalized spacial score (nSPS) is 13.5. The number of ether oxygens (including phenoxy) is 2. The third kappa shape index (κ3) is 5.26. The standard InChI is InChI=1S/C22H24N6O3/c1-15(29)16-4-3-5-18(14-16)24-21-25-20(23-17-6-8-19(30-2)9-7-17)26-22(27-21)28-10-12-31-13-11-28/h3-9,14H,10-13H2,1-2H3,(H2,23,24,25,26,27). The Morgan fingerprint density at radius 3 is 2.29 bits per heavy atom. The van der Waals surface area contributed by atoms with E-state index in [2.05, 4.69) is 30.5 Å². The van der Waals surface area contributed by atoms with Gasteiger partial charge in [0.1, 0.15) is 5.75 Å². The summed E-state index contributed by atoms with van der Waals surface area (Å²) in [6.45, 7) is 4.18. The highest BCUT2D eigenvalue weighted by Gasteiger charge is 2.17. The molecule has 2 N–H and O–H groups in total. The van der Waals surface area contributed by atoms with Gasteiger partial charge in [0, 0.05) is 30.0 Å². The van der Waals surface area contributed by atoms with Gasteiger partial charge in [0.2, 0.25) is 17.8 Å². The second-order valence-electron chi connectivity index (χ2n) is 7.00. The lowest BCUT2D eigenvalue weighted by atomic mass is 10.1. The largest absolute Gasteiger partial charge is 0.497 e. The first-order chi connectivity index (χ1) is 15.1. The molecule has 0 amide bonds. The van der Waals surface area contributed by atoms with Gasteiger partial charge in [-0.15, -0.1) is 0 Å².